The number of hydrogen-bond acceptors (Lipinski definition) is 3. The maximum atomic E-state index is 11.4. The van der Waals surface area contributed by atoms with E-state index in [1.165, 1.54) is 0 Å². The van der Waals surface area contributed by atoms with E-state index in [4.69, 9.17) is 5.73 Å². The fourth-order valence-electron chi connectivity index (χ4n) is 2.65. The molecule has 1 unspecified atom stereocenters. The van der Waals surface area contributed by atoms with Crippen LogP contribution in [0.15, 0.2) is 0 Å². The first-order chi connectivity index (χ1) is 8.00. The van der Waals surface area contributed by atoms with Gasteiger partial charge in [-0.25, -0.2) is 0 Å². The summed E-state index contributed by atoms with van der Waals surface area (Å²) in [5.41, 5.74) is 4.49. The Balaban J connectivity index is 2.61. The summed E-state index contributed by atoms with van der Waals surface area (Å²) in [5.74, 6) is -1.03. The van der Waals surface area contributed by atoms with Crippen molar-refractivity contribution in [2.24, 2.45) is 11.1 Å². The molecule has 0 spiro atoms. The SMILES string of the molecule is CCCC1(C(=O)O)CCCN(CCC(N)=O)C1. The van der Waals surface area contributed by atoms with Crippen molar-refractivity contribution in [3.05, 3.63) is 0 Å². The molecule has 98 valence electrons. The number of amides is 1. The van der Waals surface area contributed by atoms with Gasteiger partial charge < -0.3 is 15.7 Å². The number of likely N-dealkylation sites (tertiary alicyclic amines) is 1. The van der Waals surface area contributed by atoms with E-state index >= 15 is 0 Å². The van der Waals surface area contributed by atoms with E-state index in [1.807, 2.05) is 6.92 Å². The number of carbonyl (C=O) groups excluding carboxylic acids is 1. The van der Waals surface area contributed by atoms with Gasteiger partial charge in [-0.3, -0.25) is 9.59 Å². The first kappa shape index (κ1) is 14.0. The maximum absolute atomic E-state index is 11.4. The van der Waals surface area contributed by atoms with Gasteiger partial charge in [-0.05, 0) is 25.8 Å². The minimum Gasteiger partial charge on any atom is -0.481 e. The maximum Gasteiger partial charge on any atom is 0.310 e. The summed E-state index contributed by atoms with van der Waals surface area (Å²) in [4.78, 5) is 24.2. The Kier molecular flexibility index (Phi) is 4.93. The Morgan fingerprint density at radius 3 is 2.71 bits per heavy atom. The van der Waals surface area contributed by atoms with E-state index in [-0.39, 0.29) is 5.91 Å². The van der Waals surface area contributed by atoms with Gasteiger partial charge in [-0.2, -0.15) is 0 Å². The highest BCUT2D eigenvalue weighted by molar-refractivity contribution is 5.75. The molecule has 0 aromatic rings. The summed E-state index contributed by atoms with van der Waals surface area (Å²) in [6.45, 7) is 4.00. The van der Waals surface area contributed by atoms with Crippen molar-refractivity contribution in [2.75, 3.05) is 19.6 Å². The second kappa shape index (κ2) is 6.00. The standard InChI is InChI=1S/C12H22N2O3/c1-2-5-12(11(16)17)6-3-7-14(9-12)8-4-10(13)15/h2-9H2,1H3,(H2,13,15)(H,16,17). The van der Waals surface area contributed by atoms with Crippen molar-refractivity contribution in [3.8, 4) is 0 Å². The van der Waals surface area contributed by atoms with Gasteiger partial charge in [0.05, 0.1) is 5.41 Å². The van der Waals surface area contributed by atoms with Crippen molar-refractivity contribution in [1.29, 1.82) is 0 Å². The zero-order valence-electron chi connectivity index (χ0n) is 10.4. The molecule has 3 N–H and O–H groups in total. The van der Waals surface area contributed by atoms with E-state index in [0.717, 1.165) is 25.8 Å². The number of rotatable bonds is 6. The number of carboxylic acid groups (broad SMARTS) is 1. The van der Waals surface area contributed by atoms with E-state index in [2.05, 4.69) is 4.90 Å². The molecule has 0 aliphatic carbocycles. The van der Waals surface area contributed by atoms with Crippen LogP contribution in [0, 0.1) is 5.41 Å². The Morgan fingerprint density at radius 2 is 2.18 bits per heavy atom. The van der Waals surface area contributed by atoms with Crippen LogP contribution in [0.3, 0.4) is 0 Å². The Labute approximate surface area is 102 Å². The quantitative estimate of drug-likeness (QED) is 0.722. The molecule has 1 aliphatic heterocycles. The molecule has 1 rings (SSSR count). The molecule has 0 aromatic carbocycles. The summed E-state index contributed by atoms with van der Waals surface area (Å²) in [7, 11) is 0. The summed E-state index contributed by atoms with van der Waals surface area (Å²) >= 11 is 0. The highest BCUT2D eigenvalue weighted by Crippen LogP contribution is 2.34. The van der Waals surface area contributed by atoms with Crippen molar-refractivity contribution in [1.82, 2.24) is 4.90 Å². The van der Waals surface area contributed by atoms with Crippen LogP contribution in [0.4, 0.5) is 0 Å². The fraction of sp³-hybridized carbons (Fsp3) is 0.833. The number of hydrogen-bond donors (Lipinski definition) is 2. The largest absolute Gasteiger partial charge is 0.481 e. The molecule has 5 heteroatoms. The van der Waals surface area contributed by atoms with Crippen LogP contribution in [0.5, 0.6) is 0 Å². The van der Waals surface area contributed by atoms with Crippen LogP contribution in [0.2, 0.25) is 0 Å². The number of nitrogens with two attached hydrogens (primary N) is 1. The van der Waals surface area contributed by atoms with Crippen LogP contribution in [-0.4, -0.2) is 41.5 Å². The van der Waals surface area contributed by atoms with Crippen LogP contribution < -0.4 is 5.73 Å². The molecule has 0 saturated carbocycles. The summed E-state index contributed by atoms with van der Waals surface area (Å²) in [6.07, 6.45) is 3.50. The first-order valence-corrected chi connectivity index (χ1v) is 6.24. The second-order valence-electron chi connectivity index (χ2n) is 4.93. The molecule has 0 aromatic heterocycles. The third kappa shape index (κ3) is 3.70. The van der Waals surface area contributed by atoms with Crippen LogP contribution >= 0.6 is 0 Å². The van der Waals surface area contributed by atoms with Crippen LogP contribution in [0.25, 0.3) is 0 Å². The van der Waals surface area contributed by atoms with Crippen molar-refractivity contribution in [3.63, 3.8) is 0 Å². The molecule has 5 nitrogen and oxygen atoms in total. The lowest BCUT2D eigenvalue weighted by atomic mass is 9.76. The summed E-state index contributed by atoms with van der Waals surface area (Å²) in [6, 6.07) is 0. The molecule has 1 heterocycles. The number of carbonyl (C=O) groups is 2. The van der Waals surface area contributed by atoms with Gasteiger partial charge in [0.25, 0.3) is 0 Å². The topological polar surface area (TPSA) is 83.6 Å². The van der Waals surface area contributed by atoms with Crippen LogP contribution in [-0.2, 0) is 9.59 Å². The zero-order chi connectivity index (χ0) is 12.9. The number of carboxylic acids is 1. The van der Waals surface area contributed by atoms with E-state index in [9.17, 15) is 14.7 Å². The number of primary amides is 1. The molecule has 1 atom stereocenters. The molecule has 1 fully saturated rings. The zero-order valence-corrected chi connectivity index (χ0v) is 10.4. The van der Waals surface area contributed by atoms with Gasteiger partial charge in [-0.1, -0.05) is 13.3 Å². The van der Waals surface area contributed by atoms with Gasteiger partial charge in [0, 0.05) is 19.5 Å². The Bertz CT molecular complexity index is 289. The summed E-state index contributed by atoms with van der Waals surface area (Å²) < 4.78 is 0. The van der Waals surface area contributed by atoms with Gasteiger partial charge in [0.15, 0.2) is 0 Å². The van der Waals surface area contributed by atoms with Crippen LogP contribution in [0.1, 0.15) is 39.0 Å². The van der Waals surface area contributed by atoms with Gasteiger partial charge in [0.1, 0.15) is 0 Å². The normalized spacial score (nSPS) is 25.7. The Morgan fingerprint density at radius 1 is 1.47 bits per heavy atom. The van der Waals surface area contributed by atoms with E-state index in [0.29, 0.717) is 25.9 Å². The van der Waals surface area contributed by atoms with Crippen molar-refractivity contribution >= 4 is 11.9 Å². The highest BCUT2D eigenvalue weighted by atomic mass is 16.4. The number of piperidine rings is 1. The molecule has 1 amide bonds. The predicted octanol–water partition coefficient (Wildman–Crippen LogP) is 0.829. The Hall–Kier alpha value is -1.10. The molecular weight excluding hydrogens is 220 g/mol. The van der Waals surface area contributed by atoms with Gasteiger partial charge in [0.2, 0.25) is 5.91 Å². The van der Waals surface area contributed by atoms with Crippen molar-refractivity contribution < 1.29 is 14.7 Å². The third-order valence-corrected chi connectivity index (χ3v) is 3.51. The third-order valence-electron chi connectivity index (χ3n) is 3.51. The lowest BCUT2D eigenvalue weighted by Crippen LogP contribution is -2.48. The molecule has 0 radical (unpaired) electrons. The predicted molar refractivity (Wildman–Crippen MR) is 64.5 cm³/mol. The van der Waals surface area contributed by atoms with Gasteiger partial charge >= 0.3 is 5.97 Å². The minimum atomic E-state index is -0.705. The van der Waals surface area contributed by atoms with E-state index < -0.39 is 11.4 Å². The molecule has 0 bridgehead atoms. The first-order valence-electron chi connectivity index (χ1n) is 6.24. The second-order valence-corrected chi connectivity index (χ2v) is 4.93. The number of aliphatic carboxylic acids is 1. The number of nitrogens with zero attached hydrogens (tertiary/aromatic N) is 1. The smallest absolute Gasteiger partial charge is 0.310 e. The summed E-state index contributed by atoms with van der Waals surface area (Å²) in [5, 5.41) is 9.40. The fourth-order valence-corrected chi connectivity index (χ4v) is 2.65. The van der Waals surface area contributed by atoms with Gasteiger partial charge in [-0.15, -0.1) is 0 Å². The molecule has 1 aliphatic rings. The lowest BCUT2D eigenvalue weighted by molar-refractivity contribution is -0.153. The monoisotopic (exact) mass is 242 g/mol. The van der Waals surface area contributed by atoms with E-state index in [1.54, 1.807) is 0 Å². The molecule has 17 heavy (non-hydrogen) atoms. The lowest BCUT2D eigenvalue weighted by Gasteiger charge is -2.39. The molecule has 1 saturated heterocycles. The average molecular weight is 242 g/mol. The molecular formula is C12H22N2O3. The highest BCUT2D eigenvalue weighted by Gasteiger charge is 2.41. The minimum absolute atomic E-state index is 0.307. The van der Waals surface area contributed by atoms with Crippen molar-refractivity contribution in [2.45, 2.75) is 39.0 Å². The average Bonchev–Trinajstić information content (AvgIpc) is 2.27.